The summed E-state index contributed by atoms with van der Waals surface area (Å²) in [5.74, 6) is -0.493. The molecule has 0 fully saturated rings. The van der Waals surface area contributed by atoms with Crippen LogP contribution in [0.3, 0.4) is 0 Å². The molecule has 106 valence electrons. The quantitative estimate of drug-likeness (QED) is 0.877. The maximum Gasteiger partial charge on any atom is 0.255 e. The fraction of sp³-hybridized carbons (Fsp3) is 0.417. The number of hydrogen-bond acceptors (Lipinski definition) is 2. The van der Waals surface area contributed by atoms with Gasteiger partial charge in [-0.05, 0) is 17.7 Å². The Balaban J connectivity index is 2.72. The third-order valence-corrected chi connectivity index (χ3v) is 3.16. The first-order valence-corrected chi connectivity index (χ1v) is 6.30. The molecule has 0 aromatic heterocycles. The summed E-state index contributed by atoms with van der Waals surface area (Å²) in [6.45, 7) is -1.18. The molecule has 0 radical (unpaired) electrons. The van der Waals surface area contributed by atoms with Crippen molar-refractivity contribution in [3.05, 3.63) is 33.8 Å². The summed E-state index contributed by atoms with van der Waals surface area (Å²) in [6.07, 6.45) is -2.70. The van der Waals surface area contributed by atoms with Crippen molar-refractivity contribution in [2.45, 2.75) is 12.8 Å². The van der Waals surface area contributed by atoms with Crippen LogP contribution in [-0.2, 0) is 11.2 Å². The van der Waals surface area contributed by atoms with Gasteiger partial charge in [0.15, 0.2) is 0 Å². The predicted molar refractivity (Wildman–Crippen MR) is 69.8 cm³/mol. The summed E-state index contributed by atoms with van der Waals surface area (Å²) in [7, 11) is 0. The maximum atomic E-state index is 12.3. The smallest absolute Gasteiger partial charge is 0.255 e. The minimum atomic E-state index is -2.63. The van der Waals surface area contributed by atoms with Crippen LogP contribution in [0.15, 0.2) is 18.2 Å². The average molecular weight is 312 g/mol. The standard InChI is InChI=1S/C12H13Cl2F2NO2/c13-9-2-1-8(5-10(9)14)6-12(19)17(3-4-18)7-11(15)16/h1-2,5,11,18H,3-4,6-7H2. The van der Waals surface area contributed by atoms with Crippen LogP contribution < -0.4 is 0 Å². The zero-order valence-corrected chi connectivity index (χ0v) is 11.5. The second kappa shape index (κ2) is 7.62. The molecule has 0 saturated heterocycles. The van der Waals surface area contributed by atoms with Crippen molar-refractivity contribution in [2.24, 2.45) is 0 Å². The molecule has 0 bridgehead atoms. The van der Waals surface area contributed by atoms with Crippen LogP contribution in [0.25, 0.3) is 0 Å². The molecule has 0 atom stereocenters. The SMILES string of the molecule is O=C(Cc1ccc(Cl)c(Cl)c1)N(CCO)CC(F)F. The molecule has 19 heavy (non-hydrogen) atoms. The summed E-state index contributed by atoms with van der Waals surface area (Å²) < 4.78 is 24.6. The minimum absolute atomic E-state index is 0.0659. The van der Waals surface area contributed by atoms with E-state index >= 15 is 0 Å². The zero-order chi connectivity index (χ0) is 14.4. The summed E-state index contributed by atoms with van der Waals surface area (Å²) in [6, 6.07) is 4.66. The number of carbonyl (C=O) groups excluding carboxylic acids is 1. The van der Waals surface area contributed by atoms with E-state index in [1.165, 1.54) is 12.1 Å². The molecule has 1 aromatic carbocycles. The lowest BCUT2D eigenvalue weighted by molar-refractivity contribution is -0.133. The van der Waals surface area contributed by atoms with Crippen molar-refractivity contribution in [3.8, 4) is 0 Å². The van der Waals surface area contributed by atoms with E-state index in [0.29, 0.717) is 15.6 Å². The molecule has 0 spiro atoms. The molecule has 1 rings (SSSR count). The number of carbonyl (C=O) groups is 1. The van der Waals surface area contributed by atoms with Crippen molar-refractivity contribution >= 4 is 29.1 Å². The molecule has 1 aromatic rings. The van der Waals surface area contributed by atoms with E-state index < -0.39 is 18.9 Å². The average Bonchev–Trinajstić information content (AvgIpc) is 2.33. The molecule has 0 aliphatic rings. The van der Waals surface area contributed by atoms with Gasteiger partial charge in [-0.2, -0.15) is 0 Å². The largest absolute Gasteiger partial charge is 0.395 e. The van der Waals surface area contributed by atoms with E-state index in [0.717, 1.165) is 4.90 Å². The molecule has 3 nitrogen and oxygen atoms in total. The Labute approximate surface area is 119 Å². The fourth-order valence-corrected chi connectivity index (χ4v) is 1.86. The van der Waals surface area contributed by atoms with Gasteiger partial charge in [0.2, 0.25) is 5.91 Å². The molecule has 7 heteroatoms. The van der Waals surface area contributed by atoms with Gasteiger partial charge in [-0.25, -0.2) is 8.78 Å². The van der Waals surface area contributed by atoms with E-state index in [4.69, 9.17) is 28.3 Å². The predicted octanol–water partition coefficient (Wildman–Crippen LogP) is 2.62. The molecular formula is C12H13Cl2F2NO2. The molecule has 0 heterocycles. The van der Waals surface area contributed by atoms with Crippen molar-refractivity contribution in [1.29, 1.82) is 0 Å². The Morgan fingerprint density at radius 3 is 2.53 bits per heavy atom. The zero-order valence-electron chi connectivity index (χ0n) is 9.95. The first kappa shape index (κ1) is 16.1. The van der Waals surface area contributed by atoms with E-state index in [1.807, 2.05) is 0 Å². The number of aliphatic hydroxyl groups excluding tert-OH is 1. The Kier molecular flexibility index (Phi) is 6.48. The third-order valence-electron chi connectivity index (χ3n) is 2.42. The number of rotatable bonds is 6. The summed E-state index contributed by atoms with van der Waals surface area (Å²) in [4.78, 5) is 12.8. The Hall–Kier alpha value is -0.910. The van der Waals surface area contributed by atoms with Crippen LogP contribution >= 0.6 is 23.2 Å². The van der Waals surface area contributed by atoms with Gasteiger partial charge in [-0.3, -0.25) is 4.79 Å². The van der Waals surface area contributed by atoms with Gasteiger partial charge in [-0.15, -0.1) is 0 Å². The first-order chi connectivity index (χ1) is 8.93. The van der Waals surface area contributed by atoms with Gasteiger partial charge in [-0.1, -0.05) is 29.3 Å². The number of alkyl halides is 2. The van der Waals surface area contributed by atoms with Crippen molar-refractivity contribution in [1.82, 2.24) is 4.90 Å². The third kappa shape index (κ3) is 5.30. The van der Waals surface area contributed by atoms with Crippen LogP contribution in [0.5, 0.6) is 0 Å². The second-order valence-corrected chi connectivity index (χ2v) is 4.69. The highest BCUT2D eigenvalue weighted by Crippen LogP contribution is 2.23. The van der Waals surface area contributed by atoms with E-state index in [1.54, 1.807) is 6.07 Å². The molecule has 1 N–H and O–H groups in total. The van der Waals surface area contributed by atoms with Gasteiger partial charge in [0.05, 0.1) is 29.6 Å². The Morgan fingerprint density at radius 2 is 2.00 bits per heavy atom. The van der Waals surface area contributed by atoms with E-state index in [2.05, 4.69) is 0 Å². The lowest BCUT2D eigenvalue weighted by Gasteiger charge is -2.21. The topological polar surface area (TPSA) is 40.5 Å². The number of hydrogen-bond donors (Lipinski definition) is 1. The monoisotopic (exact) mass is 311 g/mol. The first-order valence-electron chi connectivity index (χ1n) is 5.54. The van der Waals surface area contributed by atoms with Gasteiger partial charge in [0.25, 0.3) is 6.43 Å². The van der Waals surface area contributed by atoms with Gasteiger partial charge in [0, 0.05) is 6.54 Å². The van der Waals surface area contributed by atoms with Gasteiger partial charge in [0.1, 0.15) is 0 Å². The molecule has 0 saturated carbocycles. The number of halogens is 4. The summed E-state index contributed by atoms with van der Waals surface area (Å²) in [5.41, 5.74) is 0.580. The van der Waals surface area contributed by atoms with Crippen LogP contribution in [0, 0.1) is 0 Å². The second-order valence-electron chi connectivity index (χ2n) is 3.88. The molecule has 0 aliphatic heterocycles. The van der Waals surface area contributed by atoms with Crippen molar-refractivity contribution in [2.75, 3.05) is 19.7 Å². The van der Waals surface area contributed by atoms with Crippen LogP contribution in [0.1, 0.15) is 5.56 Å². The number of aliphatic hydroxyl groups is 1. The Bertz CT molecular complexity index is 444. The van der Waals surface area contributed by atoms with Crippen LogP contribution in [0.2, 0.25) is 10.0 Å². The molecule has 0 aliphatic carbocycles. The highest BCUT2D eigenvalue weighted by molar-refractivity contribution is 6.42. The lowest BCUT2D eigenvalue weighted by Crippen LogP contribution is -2.38. The van der Waals surface area contributed by atoms with Crippen molar-refractivity contribution < 1.29 is 18.7 Å². The number of amides is 1. The van der Waals surface area contributed by atoms with Gasteiger partial charge < -0.3 is 10.0 Å². The molecule has 0 unspecified atom stereocenters. The fourth-order valence-electron chi connectivity index (χ4n) is 1.54. The highest BCUT2D eigenvalue weighted by atomic mass is 35.5. The highest BCUT2D eigenvalue weighted by Gasteiger charge is 2.18. The van der Waals surface area contributed by atoms with Crippen LogP contribution in [-0.4, -0.2) is 42.0 Å². The maximum absolute atomic E-state index is 12.3. The summed E-state index contributed by atoms with van der Waals surface area (Å²) >= 11 is 11.5. The molecule has 1 amide bonds. The van der Waals surface area contributed by atoms with E-state index in [9.17, 15) is 13.6 Å². The van der Waals surface area contributed by atoms with Gasteiger partial charge >= 0.3 is 0 Å². The minimum Gasteiger partial charge on any atom is -0.395 e. The number of nitrogens with zero attached hydrogens (tertiary/aromatic N) is 1. The lowest BCUT2D eigenvalue weighted by atomic mass is 10.1. The molecular weight excluding hydrogens is 299 g/mol. The van der Waals surface area contributed by atoms with Crippen molar-refractivity contribution in [3.63, 3.8) is 0 Å². The van der Waals surface area contributed by atoms with E-state index in [-0.39, 0.29) is 19.6 Å². The Morgan fingerprint density at radius 1 is 1.32 bits per heavy atom. The number of benzene rings is 1. The normalized spacial score (nSPS) is 10.8. The summed E-state index contributed by atoms with van der Waals surface area (Å²) in [5, 5.41) is 9.43. The van der Waals surface area contributed by atoms with Crippen LogP contribution in [0.4, 0.5) is 8.78 Å².